The Morgan fingerprint density at radius 3 is 2.31 bits per heavy atom. The second-order valence-corrected chi connectivity index (χ2v) is 2.95. The van der Waals surface area contributed by atoms with Crippen LogP contribution in [0.2, 0.25) is 0 Å². The van der Waals surface area contributed by atoms with Gasteiger partial charge in [0.15, 0.2) is 5.75 Å². The fourth-order valence-corrected chi connectivity index (χ4v) is 1.48. The Labute approximate surface area is 98.2 Å². The second kappa shape index (κ2) is 4.90. The maximum Gasteiger partial charge on any atom is 0.383 e. The van der Waals surface area contributed by atoms with Gasteiger partial charge in [0, 0.05) is 0 Å². The van der Waals surface area contributed by atoms with E-state index in [4.69, 9.17) is 13.9 Å². The van der Waals surface area contributed by atoms with Crippen LogP contribution in [0.5, 0.6) is 11.5 Å². The van der Waals surface area contributed by atoms with Crippen LogP contribution in [0.3, 0.4) is 0 Å². The highest BCUT2D eigenvalue weighted by molar-refractivity contribution is 5.85. The van der Waals surface area contributed by atoms with Gasteiger partial charge in [0.2, 0.25) is 5.75 Å². The van der Waals surface area contributed by atoms with E-state index in [1.165, 1.54) is 14.2 Å². The molecule has 0 N–H and O–H groups in total. The molecule has 0 aliphatic rings. The smallest absolute Gasteiger partial charge is 0.383 e. The number of para-hydroxylation sites is 1. The predicted molar refractivity (Wildman–Crippen MR) is 62.8 cm³/mol. The Balaban J connectivity index is 0.00000128. The van der Waals surface area contributed by atoms with Crippen LogP contribution in [0.1, 0.15) is 0 Å². The first-order valence-electron chi connectivity index (χ1n) is 4.41. The molecule has 0 atom stereocenters. The molecule has 0 spiro atoms. The second-order valence-electron chi connectivity index (χ2n) is 2.95. The number of methoxy groups -OCH3 is 2. The lowest BCUT2D eigenvalue weighted by Crippen LogP contribution is -2.06. The minimum absolute atomic E-state index is 0. The summed E-state index contributed by atoms with van der Waals surface area (Å²) in [4.78, 5) is 11.5. The fourth-order valence-electron chi connectivity index (χ4n) is 1.48. The van der Waals surface area contributed by atoms with Crippen molar-refractivity contribution in [1.29, 1.82) is 0 Å². The summed E-state index contributed by atoms with van der Waals surface area (Å²) < 4.78 is 15.2. The van der Waals surface area contributed by atoms with E-state index in [-0.39, 0.29) is 18.2 Å². The van der Waals surface area contributed by atoms with Gasteiger partial charge in [0.1, 0.15) is 5.58 Å². The van der Waals surface area contributed by atoms with Gasteiger partial charge >= 0.3 is 5.63 Å². The molecule has 0 bridgehead atoms. The first-order chi connectivity index (χ1) is 7.27. The molecule has 4 nitrogen and oxygen atoms in total. The summed E-state index contributed by atoms with van der Waals surface area (Å²) >= 11 is 0. The maximum absolute atomic E-state index is 11.5. The summed E-state index contributed by atoms with van der Waals surface area (Å²) in [6.07, 6.45) is 0. The molecule has 2 aromatic rings. The van der Waals surface area contributed by atoms with Crippen molar-refractivity contribution in [3.05, 3.63) is 34.7 Å². The number of hydrogen-bond acceptors (Lipinski definition) is 4. The van der Waals surface area contributed by atoms with Crippen LogP contribution in [-0.4, -0.2) is 14.2 Å². The quantitative estimate of drug-likeness (QED) is 0.758. The average Bonchev–Trinajstić information content (AvgIpc) is 2.27. The van der Waals surface area contributed by atoms with Crippen LogP contribution in [0, 0.1) is 0 Å². The molecule has 0 unspecified atom stereocenters. The number of benzene rings is 1. The van der Waals surface area contributed by atoms with Gasteiger partial charge in [-0.05, 0) is 12.1 Å². The van der Waals surface area contributed by atoms with Crippen molar-refractivity contribution >= 4 is 23.4 Å². The third kappa shape index (κ3) is 1.84. The first-order valence-corrected chi connectivity index (χ1v) is 4.41. The van der Waals surface area contributed by atoms with Crippen LogP contribution in [0.4, 0.5) is 0 Å². The minimum Gasteiger partial charge on any atom is -0.492 e. The molecule has 1 heterocycles. The molecule has 86 valence electrons. The van der Waals surface area contributed by atoms with E-state index in [1.54, 1.807) is 18.2 Å². The van der Waals surface area contributed by atoms with Crippen LogP contribution in [0.25, 0.3) is 11.0 Å². The molecule has 1 aromatic heterocycles. The molecule has 1 aromatic carbocycles. The summed E-state index contributed by atoms with van der Waals surface area (Å²) in [7, 11) is 2.90. The predicted octanol–water partition coefficient (Wildman–Crippen LogP) is 2.23. The van der Waals surface area contributed by atoms with E-state index in [1.807, 2.05) is 6.07 Å². The van der Waals surface area contributed by atoms with E-state index in [2.05, 4.69) is 0 Å². The summed E-state index contributed by atoms with van der Waals surface area (Å²) in [6.45, 7) is 0. The number of fused-ring (bicyclic) bond motifs is 1. The zero-order valence-electron chi connectivity index (χ0n) is 8.85. The molecular formula is C11H11ClO4. The molecule has 2 rings (SSSR count). The standard InChI is InChI=1S/C11H10O4.ClH/c1-13-9-7-5-3-4-6-8(7)15-11(12)10(9)14-2;/h3-6H,1-2H3;1H. The number of hydrogen-bond donors (Lipinski definition) is 0. The van der Waals surface area contributed by atoms with Crippen molar-refractivity contribution in [2.75, 3.05) is 14.2 Å². The summed E-state index contributed by atoms with van der Waals surface area (Å²) in [5, 5.41) is 0.719. The van der Waals surface area contributed by atoms with Gasteiger partial charge in [-0.15, -0.1) is 12.4 Å². The van der Waals surface area contributed by atoms with Crippen LogP contribution >= 0.6 is 12.4 Å². The van der Waals surface area contributed by atoms with Gasteiger partial charge in [-0.2, -0.15) is 0 Å². The van der Waals surface area contributed by atoms with Crippen LogP contribution < -0.4 is 15.1 Å². The van der Waals surface area contributed by atoms with Crippen LogP contribution in [-0.2, 0) is 0 Å². The highest BCUT2D eigenvalue weighted by atomic mass is 35.5. The van der Waals surface area contributed by atoms with Crippen molar-refractivity contribution in [3.8, 4) is 11.5 Å². The lowest BCUT2D eigenvalue weighted by molar-refractivity contribution is 0.338. The third-order valence-corrected chi connectivity index (χ3v) is 2.13. The van der Waals surface area contributed by atoms with E-state index >= 15 is 0 Å². The number of halogens is 1. The number of rotatable bonds is 2. The highest BCUT2D eigenvalue weighted by Crippen LogP contribution is 2.31. The molecule has 0 radical (unpaired) electrons. The van der Waals surface area contributed by atoms with Gasteiger partial charge in [-0.3, -0.25) is 0 Å². The van der Waals surface area contributed by atoms with Gasteiger partial charge in [-0.1, -0.05) is 12.1 Å². The lowest BCUT2D eigenvalue weighted by atomic mass is 10.2. The first kappa shape index (κ1) is 12.4. The Hall–Kier alpha value is -1.68. The molecule has 0 aliphatic carbocycles. The van der Waals surface area contributed by atoms with E-state index in [9.17, 15) is 4.79 Å². The van der Waals surface area contributed by atoms with Gasteiger partial charge in [0.05, 0.1) is 19.6 Å². The van der Waals surface area contributed by atoms with E-state index in [0.29, 0.717) is 11.3 Å². The summed E-state index contributed by atoms with van der Waals surface area (Å²) in [5.41, 5.74) is -0.0480. The largest absolute Gasteiger partial charge is 0.492 e. The molecule has 0 aliphatic heterocycles. The van der Waals surface area contributed by atoms with Gasteiger partial charge < -0.3 is 13.9 Å². The van der Waals surface area contributed by atoms with Crippen molar-refractivity contribution in [1.82, 2.24) is 0 Å². The molecule has 16 heavy (non-hydrogen) atoms. The summed E-state index contributed by atoms with van der Waals surface area (Å²) in [6, 6.07) is 7.14. The molecular weight excluding hydrogens is 232 g/mol. The maximum atomic E-state index is 11.5. The molecule has 0 saturated heterocycles. The normalized spacial score (nSPS) is 9.62. The third-order valence-electron chi connectivity index (χ3n) is 2.13. The molecule has 0 amide bonds. The molecule has 0 fully saturated rings. The zero-order valence-corrected chi connectivity index (χ0v) is 9.67. The zero-order chi connectivity index (χ0) is 10.8. The average molecular weight is 243 g/mol. The number of ether oxygens (including phenoxy) is 2. The lowest BCUT2D eigenvalue weighted by Gasteiger charge is -2.07. The highest BCUT2D eigenvalue weighted by Gasteiger charge is 2.14. The molecule has 0 saturated carbocycles. The Kier molecular flexibility index (Phi) is 3.79. The van der Waals surface area contributed by atoms with E-state index < -0.39 is 5.63 Å². The Morgan fingerprint density at radius 2 is 1.69 bits per heavy atom. The van der Waals surface area contributed by atoms with Crippen molar-refractivity contribution in [2.24, 2.45) is 0 Å². The fraction of sp³-hybridized carbons (Fsp3) is 0.182. The monoisotopic (exact) mass is 242 g/mol. The minimum atomic E-state index is -0.534. The molecule has 5 heteroatoms. The Morgan fingerprint density at radius 1 is 1.06 bits per heavy atom. The topological polar surface area (TPSA) is 48.7 Å². The SMILES string of the molecule is COc1c(OC)c2ccccc2oc1=O.Cl. The van der Waals surface area contributed by atoms with Gasteiger partial charge in [0.25, 0.3) is 0 Å². The van der Waals surface area contributed by atoms with Crippen molar-refractivity contribution in [3.63, 3.8) is 0 Å². The van der Waals surface area contributed by atoms with Crippen molar-refractivity contribution in [2.45, 2.75) is 0 Å². The van der Waals surface area contributed by atoms with E-state index in [0.717, 1.165) is 5.39 Å². The van der Waals surface area contributed by atoms with Crippen molar-refractivity contribution < 1.29 is 13.9 Å². The van der Waals surface area contributed by atoms with Gasteiger partial charge in [-0.25, -0.2) is 4.79 Å². The summed E-state index contributed by atoms with van der Waals surface area (Å²) in [5.74, 6) is 0.501. The van der Waals surface area contributed by atoms with Crippen LogP contribution in [0.15, 0.2) is 33.5 Å². The Bertz CT molecular complexity index is 547.